The first-order valence-corrected chi connectivity index (χ1v) is 24.2. The standard InChI is InChI=1S/C44H78F4O6Si/c1-13-16-26-43(45,46)31(6)22-23-35-33(37(49)28-39(35)52-30(4)5)20-18-19-21-34-36(40(29-38(34)50)53-32(7)51-15-3)24-25-41(44(47,48)27-17-14-2)54-55(11,12)42(8,9)10/h18-19,22-25,30-41,49-50H,13-17,20-21,26-29H2,1-12H3/b19-18+,23-22+,25-24+/t31-,32?,33-,34-,35-,36-,37+,38+,39-,40-,41-/m1/s1. The minimum absolute atomic E-state index is 0.0845. The molecule has 0 spiro atoms. The average Bonchev–Trinajstić information content (AvgIpc) is 3.53. The van der Waals surface area contributed by atoms with E-state index in [4.69, 9.17) is 18.6 Å². The number of ether oxygens (including phenoxy) is 3. The van der Waals surface area contributed by atoms with Crippen molar-refractivity contribution in [2.24, 2.45) is 29.6 Å². The zero-order valence-electron chi connectivity index (χ0n) is 36.2. The predicted octanol–water partition coefficient (Wildman–Crippen LogP) is 11.7. The number of unbranched alkanes of at least 4 members (excludes halogenated alkanes) is 2. The molecule has 0 aromatic heterocycles. The zero-order valence-corrected chi connectivity index (χ0v) is 37.2. The Balaban J connectivity index is 2.38. The lowest BCUT2D eigenvalue weighted by Crippen LogP contribution is -2.48. The summed E-state index contributed by atoms with van der Waals surface area (Å²) in [5.41, 5.74) is 0. The van der Waals surface area contributed by atoms with E-state index in [9.17, 15) is 19.0 Å². The number of aliphatic hydroxyl groups excluding tert-OH is 2. The summed E-state index contributed by atoms with van der Waals surface area (Å²) >= 11 is 0. The van der Waals surface area contributed by atoms with Gasteiger partial charge in [0.25, 0.3) is 11.8 Å². The lowest BCUT2D eigenvalue weighted by molar-refractivity contribution is -0.163. The molecule has 0 amide bonds. The van der Waals surface area contributed by atoms with Gasteiger partial charge in [-0.3, -0.25) is 0 Å². The van der Waals surface area contributed by atoms with E-state index in [1.165, 1.54) is 6.08 Å². The topological polar surface area (TPSA) is 77.4 Å². The van der Waals surface area contributed by atoms with E-state index < -0.39 is 56.8 Å². The molecular formula is C44H78F4O6Si. The quantitative estimate of drug-likeness (QED) is 0.0438. The lowest BCUT2D eigenvalue weighted by atomic mass is 9.87. The highest BCUT2D eigenvalue weighted by Crippen LogP contribution is 2.44. The Labute approximate surface area is 333 Å². The third kappa shape index (κ3) is 15.2. The van der Waals surface area contributed by atoms with Crippen LogP contribution in [0.3, 0.4) is 0 Å². The highest BCUT2D eigenvalue weighted by Gasteiger charge is 2.48. The summed E-state index contributed by atoms with van der Waals surface area (Å²) < 4.78 is 86.0. The number of hydrogen-bond acceptors (Lipinski definition) is 6. The highest BCUT2D eigenvalue weighted by molar-refractivity contribution is 6.74. The molecule has 0 aromatic carbocycles. The van der Waals surface area contributed by atoms with Crippen molar-refractivity contribution in [3.05, 3.63) is 36.5 Å². The minimum atomic E-state index is -3.07. The summed E-state index contributed by atoms with van der Waals surface area (Å²) in [6.45, 7) is 23.4. The highest BCUT2D eigenvalue weighted by atomic mass is 28.4. The fraction of sp³-hybridized carbons (Fsp3) is 0.864. The zero-order chi connectivity index (χ0) is 41.8. The van der Waals surface area contributed by atoms with Crippen LogP contribution in [0, 0.1) is 29.6 Å². The fourth-order valence-corrected chi connectivity index (χ4v) is 8.89. The molecule has 11 heteroatoms. The molecule has 322 valence electrons. The van der Waals surface area contributed by atoms with Crippen molar-refractivity contribution in [1.29, 1.82) is 0 Å². The summed E-state index contributed by atoms with van der Waals surface area (Å²) in [7, 11) is -2.58. The monoisotopic (exact) mass is 807 g/mol. The summed E-state index contributed by atoms with van der Waals surface area (Å²) in [6, 6.07) is 0. The largest absolute Gasteiger partial charge is 0.404 e. The van der Waals surface area contributed by atoms with Crippen molar-refractivity contribution in [2.75, 3.05) is 6.61 Å². The number of halogens is 4. The molecule has 2 aliphatic carbocycles. The first-order chi connectivity index (χ1) is 25.5. The lowest BCUT2D eigenvalue weighted by Gasteiger charge is -2.40. The molecule has 2 fully saturated rings. The van der Waals surface area contributed by atoms with E-state index >= 15 is 8.78 Å². The summed E-state index contributed by atoms with van der Waals surface area (Å²) in [4.78, 5) is 0. The van der Waals surface area contributed by atoms with E-state index in [2.05, 4.69) is 0 Å². The van der Waals surface area contributed by atoms with Crippen LogP contribution in [0.1, 0.15) is 133 Å². The van der Waals surface area contributed by atoms with Crippen LogP contribution in [0.2, 0.25) is 18.1 Å². The number of alkyl halides is 4. The van der Waals surface area contributed by atoms with Crippen molar-refractivity contribution in [1.82, 2.24) is 0 Å². The number of rotatable bonds is 24. The van der Waals surface area contributed by atoms with Gasteiger partial charge in [-0.05, 0) is 83.3 Å². The Kier molecular flexibility index (Phi) is 20.3. The predicted molar refractivity (Wildman–Crippen MR) is 218 cm³/mol. The van der Waals surface area contributed by atoms with E-state index in [1.54, 1.807) is 26.0 Å². The van der Waals surface area contributed by atoms with Crippen molar-refractivity contribution >= 4 is 8.32 Å². The van der Waals surface area contributed by atoms with Gasteiger partial charge < -0.3 is 28.8 Å². The van der Waals surface area contributed by atoms with Crippen molar-refractivity contribution in [3.63, 3.8) is 0 Å². The Hall–Kier alpha value is -1.08. The van der Waals surface area contributed by atoms with E-state index in [-0.39, 0.29) is 53.8 Å². The molecule has 11 atom stereocenters. The molecule has 0 radical (unpaired) electrons. The summed E-state index contributed by atoms with van der Waals surface area (Å²) in [5, 5.41) is 22.3. The van der Waals surface area contributed by atoms with Crippen LogP contribution in [-0.4, -0.2) is 79.9 Å². The minimum Gasteiger partial charge on any atom is -0.404 e. The molecule has 2 aliphatic rings. The Bertz CT molecular complexity index is 1190. The maximum atomic E-state index is 15.9. The molecular weight excluding hydrogens is 729 g/mol. The Morgan fingerprint density at radius 2 is 1.20 bits per heavy atom. The van der Waals surface area contributed by atoms with Gasteiger partial charge in [-0.15, -0.1) is 0 Å². The molecule has 2 saturated carbocycles. The second kappa shape index (κ2) is 22.3. The number of allylic oxidation sites excluding steroid dienone is 3. The van der Waals surface area contributed by atoms with Gasteiger partial charge >= 0.3 is 0 Å². The van der Waals surface area contributed by atoms with Crippen molar-refractivity contribution < 1.29 is 46.4 Å². The second-order valence-corrected chi connectivity index (χ2v) is 22.8. The van der Waals surface area contributed by atoms with Gasteiger partial charge in [0, 0.05) is 50.0 Å². The molecule has 0 saturated heterocycles. The Morgan fingerprint density at radius 3 is 1.65 bits per heavy atom. The fourth-order valence-electron chi connectivity index (χ4n) is 7.66. The average molecular weight is 807 g/mol. The second-order valence-electron chi connectivity index (χ2n) is 18.0. The van der Waals surface area contributed by atoms with Crippen LogP contribution in [0.4, 0.5) is 17.6 Å². The first kappa shape index (κ1) is 50.1. The smallest absolute Gasteiger partial charge is 0.276 e. The van der Waals surface area contributed by atoms with Gasteiger partial charge in [0.1, 0.15) is 6.10 Å². The molecule has 55 heavy (non-hydrogen) atoms. The van der Waals surface area contributed by atoms with E-state index in [0.29, 0.717) is 58.0 Å². The molecule has 2 N–H and O–H groups in total. The van der Waals surface area contributed by atoms with Gasteiger partial charge in [-0.1, -0.05) is 90.8 Å². The molecule has 2 rings (SSSR count). The van der Waals surface area contributed by atoms with Crippen LogP contribution < -0.4 is 0 Å². The van der Waals surface area contributed by atoms with E-state index in [1.807, 2.05) is 86.7 Å². The van der Waals surface area contributed by atoms with Crippen LogP contribution in [0.5, 0.6) is 0 Å². The van der Waals surface area contributed by atoms with Crippen LogP contribution >= 0.6 is 0 Å². The van der Waals surface area contributed by atoms with Crippen LogP contribution in [-0.2, 0) is 18.6 Å². The third-order valence-corrected chi connectivity index (χ3v) is 16.6. The molecule has 6 nitrogen and oxygen atoms in total. The van der Waals surface area contributed by atoms with Gasteiger partial charge in [0.15, 0.2) is 14.6 Å². The molecule has 0 bridgehead atoms. The molecule has 0 aromatic rings. The summed E-state index contributed by atoms with van der Waals surface area (Å²) in [5.74, 6) is -8.02. The van der Waals surface area contributed by atoms with E-state index in [0.717, 1.165) is 0 Å². The molecule has 0 aliphatic heterocycles. The molecule has 1 unspecified atom stereocenters. The van der Waals surface area contributed by atoms with Crippen molar-refractivity contribution in [2.45, 2.75) is 206 Å². The number of hydrogen-bond donors (Lipinski definition) is 2. The van der Waals surface area contributed by atoms with Crippen LogP contribution in [0.15, 0.2) is 36.5 Å². The van der Waals surface area contributed by atoms with Crippen LogP contribution in [0.25, 0.3) is 0 Å². The van der Waals surface area contributed by atoms with Gasteiger partial charge in [0.05, 0.1) is 30.5 Å². The number of aliphatic hydroxyl groups is 2. The maximum absolute atomic E-state index is 15.9. The Morgan fingerprint density at radius 1 is 0.727 bits per heavy atom. The maximum Gasteiger partial charge on any atom is 0.276 e. The van der Waals surface area contributed by atoms with Crippen molar-refractivity contribution in [3.8, 4) is 0 Å². The SMILES string of the molecule is CCCCC(F)(F)[C@H](C)/C=C/[C@@H]1[C@@H](C/C=C/C[C@@H]2[C@@H](/C=C/[C@@H](O[Si](C)(C)C(C)(C)C)C(F)(F)CCCC)[C@H](OC(C)OCC)C[C@@H]2O)[C@@H](O)C[C@H]1OC(C)C. The molecule has 0 heterocycles. The van der Waals surface area contributed by atoms with Gasteiger partial charge in [0.2, 0.25) is 0 Å². The normalized spacial score (nSPS) is 29.1. The van der Waals surface area contributed by atoms with Gasteiger partial charge in [-0.2, -0.15) is 0 Å². The first-order valence-electron chi connectivity index (χ1n) is 21.2. The third-order valence-electron chi connectivity index (χ3n) is 12.1. The summed E-state index contributed by atoms with van der Waals surface area (Å²) in [6.07, 6.45) is 9.92. The van der Waals surface area contributed by atoms with Gasteiger partial charge in [-0.25, -0.2) is 17.6 Å².